The highest BCUT2D eigenvalue weighted by atomic mass is 79.9. The van der Waals surface area contributed by atoms with Gasteiger partial charge < -0.3 is 9.80 Å². The van der Waals surface area contributed by atoms with Gasteiger partial charge in [0.15, 0.2) is 0 Å². The summed E-state index contributed by atoms with van der Waals surface area (Å²) >= 11 is 3.44. The molecule has 152 valence electrons. The van der Waals surface area contributed by atoms with Gasteiger partial charge in [-0.15, -0.1) is 0 Å². The van der Waals surface area contributed by atoms with Crippen molar-refractivity contribution in [2.24, 2.45) is 0 Å². The minimum Gasteiger partial charge on any atom is -0.309 e. The van der Waals surface area contributed by atoms with Crippen LogP contribution in [0, 0.1) is 0 Å². The van der Waals surface area contributed by atoms with Gasteiger partial charge in [-0.2, -0.15) is 0 Å². The third-order valence-electron chi connectivity index (χ3n) is 5.56. The van der Waals surface area contributed by atoms with E-state index in [0.29, 0.717) is 12.0 Å². The number of hydrogen-bond acceptors (Lipinski definition) is 2. The molecule has 0 spiro atoms. The Morgan fingerprint density at radius 1 is 0.933 bits per heavy atom. The first kappa shape index (κ1) is 20.4. The molecule has 2 atom stereocenters. The summed E-state index contributed by atoms with van der Waals surface area (Å²) in [6.45, 7) is 3.63. The maximum Gasteiger partial charge on any atom is 0.258 e. The number of halogens is 1. The van der Waals surface area contributed by atoms with Crippen LogP contribution in [0.4, 0.5) is 11.4 Å². The van der Waals surface area contributed by atoms with Crippen molar-refractivity contribution in [3.8, 4) is 0 Å². The lowest BCUT2D eigenvalue weighted by atomic mass is 9.89. The summed E-state index contributed by atoms with van der Waals surface area (Å²) in [6, 6.07) is 24.9. The first-order chi connectivity index (χ1) is 14.5. The largest absolute Gasteiger partial charge is 0.309 e. The van der Waals surface area contributed by atoms with Crippen molar-refractivity contribution in [1.29, 1.82) is 0 Å². The van der Waals surface area contributed by atoms with E-state index in [-0.39, 0.29) is 23.9 Å². The van der Waals surface area contributed by atoms with Gasteiger partial charge in [0, 0.05) is 34.4 Å². The lowest BCUT2D eigenvalue weighted by Gasteiger charge is -2.43. The summed E-state index contributed by atoms with van der Waals surface area (Å²) in [6.07, 6.45) is 0.660. The predicted octanol–water partition coefficient (Wildman–Crippen LogP) is 5.98. The summed E-state index contributed by atoms with van der Waals surface area (Å²) in [5.74, 6) is -0.0455. The lowest BCUT2D eigenvalue weighted by Crippen LogP contribution is -2.47. The van der Waals surface area contributed by atoms with Crippen molar-refractivity contribution in [1.82, 2.24) is 0 Å². The molecule has 0 saturated heterocycles. The van der Waals surface area contributed by atoms with Crippen molar-refractivity contribution in [3.63, 3.8) is 0 Å². The third-order valence-corrected chi connectivity index (χ3v) is 6.08. The SMILES string of the molecule is CC(=O)N1c2ccccc2C(N(C(=O)c2ccc(Br)cc2)c2ccccc2)CC1C. The van der Waals surface area contributed by atoms with E-state index in [2.05, 4.69) is 15.9 Å². The Labute approximate surface area is 185 Å². The summed E-state index contributed by atoms with van der Waals surface area (Å²) in [4.78, 5) is 29.8. The molecule has 1 heterocycles. The van der Waals surface area contributed by atoms with Gasteiger partial charge in [0.05, 0.1) is 6.04 Å². The number of anilines is 2. The van der Waals surface area contributed by atoms with Crippen LogP contribution < -0.4 is 9.80 Å². The van der Waals surface area contributed by atoms with Gasteiger partial charge >= 0.3 is 0 Å². The van der Waals surface area contributed by atoms with Crippen LogP contribution in [0.2, 0.25) is 0 Å². The number of carbonyl (C=O) groups excluding carboxylic acids is 2. The van der Waals surface area contributed by atoms with Crippen LogP contribution in [0.15, 0.2) is 83.3 Å². The lowest BCUT2D eigenvalue weighted by molar-refractivity contribution is -0.117. The van der Waals surface area contributed by atoms with Crippen LogP contribution in [0.3, 0.4) is 0 Å². The molecule has 2 amide bonds. The molecule has 0 saturated carbocycles. The highest BCUT2D eigenvalue weighted by Crippen LogP contribution is 2.42. The van der Waals surface area contributed by atoms with E-state index in [4.69, 9.17) is 0 Å². The fourth-order valence-electron chi connectivity index (χ4n) is 4.26. The normalized spacial score (nSPS) is 17.9. The molecule has 0 fully saturated rings. The minimum absolute atomic E-state index is 0.0129. The smallest absolute Gasteiger partial charge is 0.258 e. The van der Waals surface area contributed by atoms with Crippen LogP contribution in [0.25, 0.3) is 0 Å². The predicted molar refractivity (Wildman–Crippen MR) is 124 cm³/mol. The zero-order valence-electron chi connectivity index (χ0n) is 17.0. The van der Waals surface area contributed by atoms with Crippen molar-refractivity contribution < 1.29 is 9.59 Å². The molecule has 0 N–H and O–H groups in total. The van der Waals surface area contributed by atoms with Crippen LogP contribution in [-0.4, -0.2) is 17.9 Å². The van der Waals surface area contributed by atoms with E-state index in [1.807, 2.05) is 95.6 Å². The van der Waals surface area contributed by atoms with Crippen LogP contribution >= 0.6 is 15.9 Å². The van der Waals surface area contributed by atoms with Crippen molar-refractivity contribution in [2.45, 2.75) is 32.4 Å². The zero-order chi connectivity index (χ0) is 21.3. The molecular weight excluding hydrogens is 440 g/mol. The molecular formula is C25H23BrN2O2. The Kier molecular flexibility index (Phi) is 5.73. The number of nitrogens with zero attached hydrogens (tertiary/aromatic N) is 2. The van der Waals surface area contributed by atoms with E-state index < -0.39 is 0 Å². The highest BCUT2D eigenvalue weighted by Gasteiger charge is 2.37. The van der Waals surface area contributed by atoms with Crippen LogP contribution in [0.1, 0.15) is 42.2 Å². The maximum atomic E-state index is 13.7. The van der Waals surface area contributed by atoms with Crippen LogP contribution in [-0.2, 0) is 4.79 Å². The number of rotatable bonds is 3. The van der Waals surface area contributed by atoms with Crippen molar-refractivity contribution in [3.05, 3.63) is 94.5 Å². The van der Waals surface area contributed by atoms with Gasteiger partial charge in [-0.3, -0.25) is 9.59 Å². The number of benzene rings is 3. The molecule has 30 heavy (non-hydrogen) atoms. The van der Waals surface area contributed by atoms with Crippen LogP contribution in [0.5, 0.6) is 0 Å². The summed E-state index contributed by atoms with van der Waals surface area (Å²) in [5, 5.41) is 0. The Balaban J connectivity index is 1.85. The van der Waals surface area contributed by atoms with Gasteiger partial charge in [-0.25, -0.2) is 0 Å². The molecule has 2 unspecified atom stereocenters. The van der Waals surface area contributed by atoms with Gasteiger partial charge in [-0.05, 0) is 61.4 Å². The first-order valence-electron chi connectivity index (χ1n) is 10.00. The van der Waals surface area contributed by atoms with Crippen molar-refractivity contribution in [2.75, 3.05) is 9.80 Å². The summed E-state index contributed by atoms with van der Waals surface area (Å²) in [7, 11) is 0. The molecule has 1 aliphatic rings. The van der Waals surface area contributed by atoms with E-state index in [0.717, 1.165) is 21.4 Å². The second-order valence-electron chi connectivity index (χ2n) is 7.57. The molecule has 4 nitrogen and oxygen atoms in total. The Morgan fingerprint density at radius 3 is 2.23 bits per heavy atom. The maximum absolute atomic E-state index is 13.7. The summed E-state index contributed by atoms with van der Waals surface area (Å²) in [5.41, 5.74) is 3.33. The van der Waals surface area contributed by atoms with Gasteiger partial charge in [-0.1, -0.05) is 52.3 Å². The monoisotopic (exact) mass is 462 g/mol. The zero-order valence-corrected chi connectivity index (χ0v) is 18.5. The average Bonchev–Trinajstić information content (AvgIpc) is 2.75. The number of para-hydroxylation sites is 2. The van der Waals surface area contributed by atoms with Gasteiger partial charge in [0.25, 0.3) is 5.91 Å². The molecule has 3 aromatic rings. The number of fused-ring (bicyclic) bond motifs is 1. The number of carbonyl (C=O) groups is 2. The molecule has 5 heteroatoms. The average molecular weight is 463 g/mol. The fraction of sp³-hybridized carbons (Fsp3) is 0.200. The number of hydrogen-bond donors (Lipinski definition) is 0. The van der Waals surface area contributed by atoms with E-state index in [9.17, 15) is 9.59 Å². The molecule has 0 aromatic heterocycles. The van der Waals surface area contributed by atoms with Crippen molar-refractivity contribution >= 4 is 39.1 Å². The van der Waals surface area contributed by atoms with Gasteiger partial charge in [0.2, 0.25) is 5.91 Å². The van der Waals surface area contributed by atoms with E-state index in [1.54, 1.807) is 6.92 Å². The molecule has 0 aliphatic carbocycles. The standard InChI is InChI=1S/C25H23BrN2O2/c1-17-16-24(22-10-6-7-11-23(22)27(17)18(2)29)28(21-8-4-3-5-9-21)25(30)19-12-14-20(26)15-13-19/h3-15,17,24H,16H2,1-2H3. The Bertz CT molecular complexity index is 1070. The topological polar surface area (TPSA) is 40.6 Å². The first-order valence-corrected chi connectivity index (χ1v) is 10.8. The summed E-state index contributed by atoms with van der Waals surface area (Å²) < 4.78 is 0.930. The molecule has 1 aliphatic heterocycles. The molecule has 3 aromatic carbocycles. The van der Waals surface area contributed by atoms with E-state index >= 15 is 0 Å². The molecule has 0 bridgehead atoms. The second-order valence-corrected chi connectivity index (χ2v) is 8.48. The third kappa shape index (κ3) is 3.77. The highest BCUT2D eigenvalue weighted by molar-refractivity contribution is 9.10. The number of amides is 2. The molecule has 0 radical (unpaired) electrons. The quantitative estimate of drug-likeness (QED) is 0.479. The fourth-order valence-corrected chi connectivity index (χ4v) is 4.53. The Hall–Kier alpha value is -2.92. The Morgan fingerprint density at radius 2 is 1.57 bits per heavy atom. The second kappa shape index (κ2) is 8.44. The minimum atomic E-state index is -0.176. The van der Waals surface area contributed by atoms with Gasteiger partial charge in [0.1, 0.15) is 0 Å². The van der Waals surface area contributed by atoms with E-state index in [1.165, 1.54) is 0 Å². The molecule has 4 rings (SSSR count).